The zero-order valence-electron chi connectivity index (χ0n) is 18.0. The number of aryl methyl sites for hydroxylation is 1. The second kappa shape index (κ2) is 8.64. The van der Waals surface area contributed by atoms with Crippen molar-refractivity contribution in [2.24, 2.45) is 0 Å². The van der Waals surface area contributed by atoms with Crippen LogP contribution in [0.2, 0.25) is 0 Å². The fourth-order valence-corrected chi connectivity index (χ4v) is 4.88. The molecule has 1 atom stereocenters. The van der Waals surface area contributed by atoms with Crippen LogP contribution in [0.1, 0.15) is 18.1 Å². The van der Waals surface area contributed by atoms with Gasteiger partial charge in [-0.05, 0) is 49.2 Å². The molecular weight excluding hydrogens is 500 g/mol. The molecule has 0 spiro atoms. The van der Waals surface area contributed by atoms with Crippen LogP contribution in [0.4, 0.5) is 10.5 Å². The molecule has 0 saturated carbocycles. The summed E-state index contributed by atoms with van der Waals surface area (Å²) >= 11 is 3.35. The van der Waals surface area contributed by atoms with E-state index in [-0.39, 0.29) is 10.6 Å². The molecule has 32 heavy (non-hydrogen) atoms. The van der Waals surface area contributed by atoms with Crippen LogP contribution in [-0.4, -0.2) is 56.1 Å². The van der Waals surface area contributed by atoms with Crippen LogP contribution >= 0.6 is 15.9 Å². The lowest BCUT2D eigenvalue weighted by Crippen LogP contribution is -2.42. The molecule has 2 aromatic carbocycles. The third-order valence-electron chi connectivity index (χ3n) is 5.21. The first-order chi connectivity index (χ1) is 14.9. The topological polar surface area (TPSA) is 116 Å². The van der Waals surface area contributed by atoms with Gasteiger partial charge in [-0.25, -0.2) is 17.5 Å². The van der Waals surface area contributed by atoms with E-state index in [0.717, 1.165) is 13.7 Å². The minimum Gasteiger partial charge on any atom is -0.324 e. The fourth-order valence-electron chi connectivity index (χ4n) is 3.33. The van der Waals surface area contributed by atoms with Crippen LogP contribution in [0.15, 0.2) is 51.8 Å². The Kier molecular flexibility index (Phi) is 6.45. The van der Waals surface area contributed by atoms with Crippen molar-refractivity contribution >= 4 is 49.5 Å². The molecule has 170 valence electrons. The molecule has 9 nitrogen and oxygen atoms in total. The highest BCUT2D eigenvalue weighted by atomic mass is 79.9. The summed E-state index contributed by atoms with van der Waals surface area (Å²) in [4.78, 5) is 39.0. The van der Waals surface area contributed by atoms with Crippen molar-refractivity contribution in [2.45, 2.75) is 24.3 Å². The molecule has 0 radical (unpaired) electrons. The molecule has 0 bridgehead atoms. The average Bonchev–Trinajstić information content (AvgIpc) is 2.93. The van der Waals surface area contributed by atoms with Gasteiger partial charge >= 0.3 is 6.03 Å². The first-order valence-corrected chi connectivity index (χ1v) is 11.8. The molecular formula is C21H23BrN4O5S. The van der Waals surface area contributed by atoms with Crippen molar-refractivity contribution in [3.63, 3.8) is 0 Å². The van der Waals surface area contributed by atoms with Crippen molar-refractivity contribution in [1.29, 1.82) is 0 Å². The molecule has 0 aromatic heterocycles. The maximum atomic E-state index is 13.0. The summed E-state index contributed by atoms with van der Waals surface area (Å²) in [5, 5.41) is 5.21. The largest absolute Gasteiger partial charge is 0.325 e. The maximum Gasteiger partial charge on any atom is 0.325 e. The monoisotopic (exact) mass is 522 g/mol. The van der Waals surface area contributed by atoms with E-state index in [2.05, 4.69) is 26.6 Å². The average molecular weight is 523 g/mol. The van der Waals surface area contributed by atoms with Crippen molar-refractivity contribution in [3.05, 3.63) is 58.1 Å². The number of sulfonamides is 1. The van der Waals surface area contributed by atoms with Gasteiger partial charge in [-0.1, -0.05) is 34.1 Å². The third kappa shape index (κ3) is 4.41. The normalized spacial score (nSPS) is 18.8. The summed E-state index contributed by atoms with van der Waals surface area (Å²) in [6.07, 6.45) is 0. The Morgan fingerprint density at radius 3 is 2.50 bits per heavy atom. The predicted molar refractivity (Wildman–Crippen MR) is 122 cm³/mol. The molecule has 2 aromatic rings. The highest BCUT2D eigenvalue weighted by Gasteiger charge is 2.49. The maximum absolute atomic E-state index is 13.0. The smallest absolute Gasteiger partial charge is 0.324 e. The van der Waals surface area contributed by atoms with Gasteiger partial charge in [-0.2, -0.15) is 0 Å². The summed E-state index contributed by atoms with van der Waals surface area (Å²) in [5.74, 6) is -1.19. The van der Waals surface area contributed by atoms with Crippen molar-refractivity contribution < 1.29 is 22.8 Å². The van der Waals surface area contributed by atoms with E-state index in [1.54, 1.807) is 50.2 Å². The van der Waals surface area contributed by atoms with Crippen LogP contribution in [0.5, 0.6) is 0 Å². The van der Waals surface area contributed by atoms with Crippen LogP contribution < -0.4 is 10.6 Å². The number of anilines is 1. The Morgan fingerprint density at radius 1 is 1.19 bits per heavy atom. The third-order valence-corrected chi connectivity index (χ3v) is 7.66. The number of amides is 4. The van der Waals surface area contributed by atoms with E-state index in [1.165, 1.54) is 20.2 Å². The quantitative estimate of drug-likeness (QED) is 0.565. The lowest BCUT2D eigenvalue weighted by atomic mass is 9.92. The zero-order chi connectivity index (χ0) is 23.8. The molecule has 1 aliphatic heterocycles. The van der Waals surface area contributed by atoms with Crippen molar-refractivity contribution in [3.8, 4) is 0 Å². The van der Waals surface area contributed by atoms with Crippen molar-refractivity contribution in [2.75, 3.05) is 26.0 Å². The summed E-state index contributed by atoms with van der Waals surface area (Å²) in [6.45, 7) is 2.71. The number of nitrogens with one attached hydrogen (secondary N) is 2. The number of rotatable bonds is 6. The van der Waals surface area contributed by atoms with Crippen LogP contribution in [0, 0.1) is 6.92 Å². The number of hydrogen-bond acceptors (Lipinski definition) is 5. The molecule has 1 fully saturated rings. The van der Waals surface area contributed by atoms with Gasteiger partial charge in [0.2, 0.25) is 15.9 Å². The summed E-state index contributed by atoms with van der Waals surface area (Å²) in [5.41, 5.74) is 0.0291. The minimum absolute atomic E-state index is 0.0533. The Bertz CT molecular complexity index is 1210. The molecule has 1 heterocycles. The van der Waals surface area contributed by atoms with E-state index < -0.39 is 40.0 Å². The first-order valence-electron chi connectivity index (χ1n) is 9.59. The number of benzene rings is 2. The van der Waals surface area contributed by atoms with Crippen molar-refractivity contribution in [1.82, 2.24) is 14.5 Å². The van der Waals surface area contributed by atoms with Gasteiger partial charge in [0.15, 0.2) is 0 Å². The van der Waals surface area contributed by atoms with Crippen LogP contribution in [0.25, 0.3) is 0 Å². The van der Waals surface area contributed by atoms with Gasteiger partial charge in [-0.15, -0.1) is 0 Å². The van der Waals surface area contributed by atoms with Gasteiger partial charge in [-0.3, -0.25) is 14.5 Å². The van der Waals surface area contributed by atoms with Crippen LogP contribution in [-0.2, 0) is 25.2 Å². The predicted octanol–water partition coefficient (Wildman–Crippen LogP) is 2.41. The fraction of sp³-hybridized carbons (Fsp3) is 0.286. The van der Waals surface area contributed by atoms with Gasteiger partial charge in [0.05, 0.1) is 4.90 Å². The molecule has 1 unspecified atom stereocenters. The number of nitrogens with zero attached hydrogens (tertiary/aromatic N) is 2. The molecule has 4 amide bonds. The highest BCUT2D eigenvalue weighted by Crippen LogP contribution is 2.30. The molecule has 0 aliphatic carbocycles. The van der Waals surface area contributed by atoms with Gasteiger partial charge in [0.1, 0.15) is 12.1 Å². The molecule has 1 aliphatic rings. The summed E-state index contributed by atoms with van der Waals surface area (Å²) in [7, 11) is -0.873. The lowest BCUT2D eigenvalue weighted by Gasteiger charge is -2.22. The Morgan fingerprint density at radius 2 is 1.88 bits per heavy atom. The number of urea groups is 1. The second-order valence-electron chi connectivity index (χ2n) is 7.77. The Balaban J connectivity index is 1.78. The van der Waals surface area contributed by atoms with Gasteiger partial charge in [0.25, 0.3) is 5.91 Å². The zero-order valence-corrected chi connectivity index (χ0v) is 20.4. The standard InChI is InChI=1S/C21H23BrN4O5S/c1-13-8-9-16(11-17(13)32(30,31)25(3)4)23-18(27)12-26-19(28)21(2,24-20(26)29)14-6-5-7-15(22)10-14/h5-11H,12H2,1-4H3,(H,23,27)(H,24,29). The lowest BCUT2D eigenvalue weighted by molar-refractivity contribution is -0.133. The van der Waals surface area contributed by atoms with E-state index in [0.29, 0.717) is 11.1 Å². The van der Waals surface area contributed by atoms with E-state index in [4.69, 9.17) is 0 Å². The molecule has 2 N–H and O–H groups in total. The minimum atomic E-state index is -3.71. The number of imide groups is 1. The number of hydrogen-bond donors (Lipinski definition) is 2. The van der Waals surface area contributed by atoms with Gasteiger partial charge < -0.3 is 10.6 Å². The molecule has 3 rings (SSSR count). The molecule has 11 heteroatoms. The van der Waals surface area contributed by atoms with E-state index in [1.807, 2.05) is 0 Å². The van der Waals surface area contributed by atoms with E-state index in [9.17, 15) is 22.8 Å². The second-order valence-corrected chi connectivity index (χ2v) is 10.8. The number of halogens is 1. The number of carbonyl (C=O) groups excluding carboxylic acids is 3. The van der Waals surface area contributed by atoms with Crippen LogP contribution in [0.3, 0.4) is 0 Å². The summed E-state index contributed by atoms with van der Waals surface area (Å²) in [6, 6.07) is 10.8. The van der Waals surface area contributed by atoms with E-state index >= 15 is 0 Å². The summed E-state index contributed by atoms with van der Waals surface area (Å²) < 4.78 is 26.8. The number of carbonyl (C=O) groups is 3. The van der Waals surface area contributed by atoms with Gasteiger partial charge in [0, 0.05) is 24.3 Å². The molecule has 1 saturated heterocycles. The Labute approximate surface area is 194 Å². The first kappa shape index (κ1) is 23.9. The Hall–Kier alpha value is -2.76. The highest BCUT2D eigenvalue weighted by molar-refractivity contribution is 9.10. The SMILES string of the molecule is Cc1ccc(NC(=O)CN2C(=O)NC(C)(c3cccc(Br)c3)C2=O)cc1S(=O)(=O)N(C)C.